The van der Waals surface area contributed by atoms with E-state index < -0.39 is 15.3 Å². The van der Waals surface area contributed by atoms with Crippen LogP contribution in [0.25, 0.3) is 0 Å². The van der Waals surface area contributed by atoms with E-state index in [4.69, 9.17) is 5.11 Å². The van der Waals surface area contributed by atoms with Crippen LogP contribution in [0.3, 0.4) is 0 Å². The Morgan fingerprint density at radius 1 is 1.12 bits per heavy atom. The SMILES string of the molecule is CCCCN(CCCC)S(=O)(=O)C(C)CO. The number of aliphatic hydroxyl groups excluding tert-OH is 1. The molecule has 16 heavy (non-hydrogen) atoms. The van der Waals surface area contributed by atoms with Crippen molar-refractivity contribution in [1.29, 1.82) is 0 Å². The fourth-order valence-corrected chi connectivity index (χ4v) is 2.85. The molecule has 0 amide bonds. The molecule has 0 fully saturated rings. The number of hydrogen-bond donors (Lipinski definition) is 1. The van der Waals surface area contributed by atoms with Crippen LogP contribution in [-0.4, -0.2) is 42.8 Å². The van der Waals surface area contributed by atoms with E-state index >= 15 is 0 Å². The van der Waals surface area contributed by atoms with Gasteiger partial charge in [-0.05, 0) is 19.8 Å². The van der Waals surface area contributed by atoms with Gasteiger partial charge in [-0.1, -0.05) is 26.7 Å². The Kier molecular flexibility index (Phi) is 7.97. The summed E-state index contributed by atoms with van der Waals surface area (Å²) in [6.07, 6.45) is 3.71. The van der Waals surface area contributed by atoms with Crippen molar-refractivity contribution >= 4 is 10.0 Å². The Labute approximate surface area is 99.7 Å². The quantitative estimate of drug-likeness (QED) is 0.677. The van der Waals surface area contributed by atoms with Crippen LogP contribution < -0.4 is 0 Å². The molecule has 1 atom stereocenters. The van der Waals surface area contributed by atoms with Gasteiger partial charge in [-0.25, -0.2) is 12.7 Å². The van der Waals surface area contributed by atoms with Crippen LogP contribution in [0.2, 0.25) is 0 Å². The number of unbranched alkanes of at least 4 members (excludes halogenated alkanes) is 2. The summed E-state index contributed by atoms with van der Waals surface area (Å²) in [6, 6.07) is 0. The van der Waals surface area contributed by atoms with Gasteiger partial charge in [0.2, 0.25) is 10.0 Å². The minimum atomic E-state index is -3.31. The first-order valence-corrected chi connectivity index (χ1v) is 7.60. The summed E-state index contributed by atoms with van der Waals surface area (Å²) in [5, 5.41) is 8.27. The van der Waals surface area contributed by atoms with E-state index in [1.165, 1.54) is 4.31 Å². The highest BCUT2D eigenvalue weighted by Crippen LogP contribution is 2.11. The average Bonchev–Trinajstić information content (AvgIpc) is 2.27. The molecule has 0 rings (SSSR count). The van der Waals surface area contributed by atoms with Gasteiger partial charge in [0.15, 0.2) is 0 Å². The maximum Gasteiger partial charge on any atom is 0.218 e. The van der Waals surface area contributed by atoms with E-state index in [2.05, 4.69) is 0 Å². The van der Waals surface area contributed by atoms with E-state index in [1.807, 2.05) is 13.8 Å². The van der Waals surface area contributed by atoms with E-state index in [-0.39, 0.29) is 6.61 Å². The van der Waals surface area contributed by atoms with Crippen LogP contribution in [0.15, 0.2) is 0 Å². The number of rotatable bonds is 9. The topological polar surface area (TPSA) is 57.6 Å². The van der Waals surface area contributed by atoms with Gasteiger partial charge in [0.1, 0.15) is 0 Å². The van der Waals surface area contributed by atoms with Crippen molar-refractivity contribution in [1.82, 2.24) is 4.31 Å². The molecule has 0 aromatic carbocycles. The van der Waals surface area contributed by atoms with E-state index in [0.717, 1.165) is 25.7 Å². The molecule has 0 aliphatic heterocycles. The predicted molar refractivity (Wildman–Crippen MR) is 66.9 cm³/mol. The highest BCUT2D eigenvalue weighted by Gasteiger charge is 2.27. The second kappa shape index (κ2) is 8.03. The number of aliphatic hydroxyl groups is 1. The molecule has 1 unspecified atom stereocenters. The summed E-state index contributed by atoms with van der Waals surface area (Å²) >= 11 is 0. The van der Waals surface area contributed by atoms with Crippen LogP contribution in [0.5, 0.6) is 0 Å². The molecule has 0 spiro atoms. The van der Waals surface area contributed by atoms with Crippen molar-refractivity contribution < 1.29 is 13.5 Å². The van der Waals surface area contributed by atoms with Gasteiger partial charge in [0.05, 0.1) is 11.9 Å². The molecule has 0 heterocycles. The lowest BCUT2D eigenvalue weighted by Crippen LogP contribution is -2.40. The van der Waals surface area contributed by atoms with Crippen molar-refractivity contribution in [2.45, 2.75) is 51.7 Å². The molecule has 5 heteroatoms. The first kappa shape index (κ1) is 15.9. The monoisotopic (exact) mass is 251 g/mol. The molecule has 0 saturated carbocycles. The Bertz CT molecular complexity index is 256. The molecule has 4 nitrogen and oxygen atoms in total. The summed E-state index contributed by atoms with van der Waals surface area (Å²) < 4.78 is 25.6. The minimum Gasteiger partial charge on any atom is -0.395 e. The largest absolute Gasteiger partial charge is 0.395 e. The molecule has 0 bridgehead atoms. The van der Waals surface area contributed by atoms with Gasteiger partial charge >= 0.3 is 0 Å². The van der Waals surface area contributed by atoms with Gasteiger partial charge in [-0.2, -0.15) is 0 Å². The lowest BCUT2D eigenvalue weighted by molar-refractivity contribution is 0.287. The molecule has 0 radical (unpaired) electrons. The zero-order valence-electron chi connectivity index (χ0n) is 10.6. The van der Waals surface area contributed by atoms with Crippen molar-refractivity contribution in [3.63, 3.8) is 0 Å². The smallest absolute Gasteiger partial charge is 0.218 e. The first-order valence-electron chi connectivity index (χ1n) is 6.10. The summed E-state index contributed by atoms with van der Waals surface area (Å²) in [5.74, 6) is 0. The van der Waals surface area contributed by atoms with Crippen molar-refractivity contribution in [2.75, 3.05) is 19.7 Å². The maximum absolute atomic E-state index is 12.0. The van der Waals surface area contributed by atoms with Crippen molar-refractivity contribution in [3.05, 3.63) is 0 Å². The lowest BCUT2D eigenvalue weighted by atomic mass is 10.3. The Hall–Kier alpha value is -0.130. The van der Waals surface area contributed by atoms with E-state index in [1.54, 1.807) is 6.92 Å². The van der Waals surface area contributed by atoms with Crippen molar-refractivity contribution in [2.24, 2.45) is 0 Å². The summed E-state index contributed by atoms with van der Waals surface area (Å²) in [7, 11) is -3.31. The lowest BCUT2D eigenvalue weighted by Gasteiger charge is -2.24. The van der Waals surface area contributed by atoms with Gasteiger partial charge in [0, 0.05) is 13.1 Å². The third-order valence-corrected chi connectivity index (χ3v) is 4.90. The molecular formula is C11H25NO3S. The van der Waals surface area contributed by atoms with Gasteiger partial charge in [-0.3, -0.25) is 0 Å². The van der Waals surface area contributed by atoms with Crippen molar-refractivity contribution in [3.8, 4) is 0 Å². The molecule has 0 aliphatic carbocycles. The van der Waals surface area contributed by atoms with Crippen LogP contribution in [-0.2, 0) is 10.0 Å². The Morgan fingerprint density at radius 3 is 1.88 bits per heavy atom. The molecule has 0 aromatic rings. The van der Waals surface area contributed by atoms with E-state index in [0.29, 0.717) is 13.1 Å². The van der Waals surface area contributed by atoms with Crippen LogP contribution in [0, 0.1) is 0 Å². The second-order valence-corrected chi connectivity index (χ2v) is 6.50. The summed E-state index contributed by atoms with van der Waals surface area (Å²) in [5.41, 5.74) is 0. The second-order valence-electron chi connectivity index (χ2n) is 4.14. The van der Waals surface area contributed by atoms with Crippen LogP contribution in [0.4, 0.5) is 0 Å². The number of nitrogens with zero attached hydrogens (tertiary/aromatic N) is 1. The summed E-state index contributed by atoms with van der Waals surface area (Å²) in [4.78, 5) is 0. The fraction of sp³-hybridized carbons (Fsp3) is 1.00. The van der Waals surface area contributed by atoms with Crippen LogP contribution >= 0.6 is 0 Å². The fourth-order valence-electron chi connectivity index (χ4n) is 1.38. The zero-order valence-corrected chi connectivity index (χ0v) is 11.5. The van der Waals surface area contributed by atoms with Gasteiger partial charge in [-0.15, -0.1) is 0 Å². The predicted octanol–water partition coefficient (Wildman–Crippen LogP) is 1.60. The van der Waals surface area contributed by atoms with Gasteiger partial charge < -0.3 is 5.11 Å². The highest BCUT2D eigenvalue weighted by atomic mass is 32.2. The minimum absolute atomic E-state index is 0.308. The number of sulfonamides is 1. The first-order chi connectivity index (χ1) is 7.50. The zero-order chi connectivity index (χ0) is 12.6. The Morgan fingerprint density at radius 2 is 1.56 bits per heavy atom. The molecule has 0 aliphatic rings. The van der Waals surface area contributed by atoms with Gasteiger partial charge in [0.25, 0.3) is 0 Å². The van der Waals surface area contributed by atoms with Crippen LogP contribution in [0.1, 0.15) is 46.5 Å². The third-order valence-electron chi connectivity index (χ3n) is 2.65. The standard InChI is InChI=1S/C11H25NO3S/c1-4-6-8-12(9-7-5-2)16(14,15)11(3)10-13/h11,13H,4-10H2,1-3H3. The Balaban J connectivity index is 4.58. The average molecular weight is 251 g/mol. The van der Waals surface area contributed by atoms with E-state index in [9.17, 15) is 8.42 Å². The highest BCUT2D eigenvalue weighted by molar-refractivity contribution is 7.89. The molecule has 1 N–H and O–H groups in total. The maximum atomic E-state index is 12.0. The summed E-state index contributed by atoms with van der Waals surface area (Å²) in [6.45, 7) is 6.48. The molecule has 0 aromatic heterocycles. The molecule has 98 valence electrons. The molecular weight excluding hydrogens is 226 g/mol. The third kappa shape index (κ3) is 4.80. The number of hydrogen-bond acceptors (Lipinski definition) is 3. The molecule has 0 saturated heterocycles. The normalized spacial score (nSPS) is 14.3.